The van der Waals surface area contributed by atoms with E-state index in [0.29, 0.717) is 6.10 Å². The number of ether oxygens (including phenoxy) is 1. The summed E-state index contributed by atoms with van der Waals surface area (Å²) in [7, 11) is 0. The van der Waals surface area contributed by atoms with Crippen LogP contribution in [0.15, 0.2) is 0 Å². The molecule has 0 aromatic heterocycles. The van der Waals surface area contributed by atoms with Gasteiger partial charge in [0.05, 0.1) is 11.7 Å². The standard InChI is InChI=1S/C13H27NO/c1-5-7-13(4,10-14)9-11-6-8-12(2,3)15-11/h11H,5-10,14H2,1-4H3. The van der Waals surface area contributed by atoms with Crippen LogP contribution in [-0.2, 0) is 4.74 Å². The minimum absolute atomic E-state index is 0.0897. The Labute approximate surface area is 94.6 Å². The van der Waals surface area contributed by atoms with Crippen molar-refractivity contribution in [3.8, 4) is 0 Å². The predicted octanol–water partition coefficient (Wildman–Crippen LogP) is 3.10. The molecular formula is C13H27NO. The number of rotatable bonds is 5. The summed E-state index contributed by atoms with van der Waals surface area (Å²) in [5, 5.41) is 0. The van der Waals surface area contributed by atoms with Crippen molar-refractivity contribution in [2.24, 2.45) is 11.1 Å². The lowest BCUT2D eigenvalue weighted by molar-refractivity contribution is -0.0338. The van der Waals surface area contributed by atoms with Crippen LogP contribution in [0.2, 0.25) is 0 Å². The molecule has 0 bridgehead atoms. The second kappa shape index (κ2) is 4.84. The van der Waals surface area contributed by atoms with Crippen LogP contribution in [0.1, 0.15) is 59.8 Å². The second-order valence-electron chi connectivity index (χ2n) is 6.01. The highest BCUT2D eigenvalue weighted by Gasteiger charge is 2.35. The van der Waals surface area contributed by atoms with Crippen molar-refractivity contribution in [3.63, 3.8) is 0 Å². The van der Waals surface area contributed by atoms with E-state index in [1.165, 1.54) is 25.7 Å². The van der Waals surface area contributed by atoms with Gasteiger partial charge in [-0.15, -0.1) is 0 Å². The van der Waals surface area contributed by atoms with Gasteiger partial charge in [0.15, 0.2) is 0 Å². The SMILES string of the molecule is CCCC(C)(CN)CC1CCC(C)(C)O1. The Morgan fingerprint density at radius 3 is 2.53 bits per heavy atom. The highest BCUT2D eigenvalue weighted by molar-refractivity contribution is 4.86. The van der Waals surface area contributed by atoms with Gasteiger partial charge >= 0.3 is 0 Å². The van der Waals surface area contributed by atoms with Crippen molar-refractivity contribution < 1.29 is 4.74 Å². The molecule has 1 rings (SSSR count). The third kappa shape index (κ3) is 3.76. The average molecular weight is 213 g/mol. The van der Waals surface area contributed by atoms with E-state index in [9.17, 15) is 0 Å². The molecule has 1 saturated heterocycles. The molecule has 90 valence electrons. The third-order valence-electron chi connectivity index (χ3n) is 3.62. The van der Waals surface area contributed by atoms with Gasteiger partial charge in [-0.1, -0.05) is 20.3 Å². The van der Waals surface area contributed by atoms with Gasteiger partial charge in [0.25, 0.3) is 0 Å². The number of nitrogens with two attached hydrogens (primary N) is 1. The van der Waals surface area contributed by atoms with Gasteiger partial charge in [-0.3, -0.25) is 0 Å². The summed E-state index contributed by atoms with van der Waals surface area (Å²) >= 11 is 0. The Morgan fingerprint density at radius 2 is 2.13 bits per heavy atom. The first-order valence-electron chi connectivity index (χ1n) is 6.29. The Morgan fingerprint density at radius 1 is 1.47 bits per heavy atom. The zero-order valence-corrected chi connectivity index (χ0v) is 10.8. The average Bonchev–Trinajstić information content (AvgIpc) is 2.46. The maximum absolute atomic E-state index is 6.04. The molecule has 1 aliphatic rings. The molecule has 0 amide bonds. The van der Waals surface area contributed by atoms with E-state index in [1.807, 2.05) is 0 Å². The van der Waals surface area contributed by atoms with Crippen molar-refractivity contribution in [1.29, 1.82) is 0 Å². The van der Waals surface area contributed by atoms with Gasteiger partial charge in [0, 0.05) is 0 Å². The van der Waals surface area contributed by atoms with E-state index in [-0.39, 0.29) is 11.0 Å². The summed E-state index contributed by atoms with van der Waals surface area (Å²) in [5.41, 5.74) is 6.25. The predicted molar refractivity (Wildman–Crippen MR) is 64.9 cm³/mol. The fourth-order valence-corrected chi connectivity index (χ4v) is 2.66. The number of hydrogen-bond donors (Lipinski definition) is 1. The summed E-state index contributed by atoms with van der Waals surface area (Å²) in [6.07, 6.45) is 6.37. The molecule has 2 N–H and O–H groups in total. The smallest absolute Gasteiger partial charge is 0.0631 e. The molecule has 0 aromatic rings. The molecule has 15 heavy (non-hydrogen) atoms. The molecule has 1 heterocycles. The summed E-state index contributed by atoms with van der Waals surface area (Å²) in [4.78, 5) is 0. The summed E-state index contributed by atoms with van der Waals surface area (Å²) in [6, 6.07) is 0. The fourth-order valence-electron chi connectivity index (χ4n) is 2.66. The first-order valence-corrected chi connectivity index (χ1v) is 6.29. The molecule has 2 unspecified atom stereocenters. The molecule has 0 aromatic carbocycles. The van der Waals surface area contributed by atoms with Crippen LogP contribution in [0, 0.1) is 5.41 Å². The zero-order chi connectivity index (χ0) is 11.5. The lowest BCUT2D eigenvalue weighted by Crippen LogP contribution is -2.32. The summed E-state index contributed by atoms with van der Waals surface area (Å²) in [5.74, 6) is 0. The number of hydrogen-bond acceptors (Lipinski definition) is 2. The fraction of sp³-hybridized carbons (Fsp3) is 1.00. The quantitative estimate of drug-likeness (QED) is 0.761. The monoisotopic (exact) mass is 213 g/mol. The van der Waals surface area contributed by atoms with Gasteiger partial charge in [0.2, 0.25) is 0 Å². The van der Waals surface area contributed by atoms with E-state index in [2.05, 4.69) is 27.7 Å². The van der Waals surface area contributed by atoms with Crippen molar-refractivity contribution >= 4 is 0 Å². The van der Waals surface area contributed by atoms with Crippen molar-refractivity contribution in [2.75, 3.05) is 6.54 Å². The molecule has 2 atom stereocenters. The van der Waals surface area contributed by atoms with Crippen molar-refractivity contribution in [1.82, 2.24) is 0 Å². The first kappa shape index (κ1) is 13.0. The highest BCUT2D eigenvalue weighted by Crippen LogP contribution is 2.37. The highest BCUT2D eigenvalue weighted by atomic mass is 16.5. The van der Waals surface area contributed by atoms with Crippen molar-refractivity contribution in [3.05, 3.63) is 0 Å². The maximum atomic E-state index is 6.04. The topological polar surface area (TPSA) is 35.2 Å². The zero-order valence-electron chi connectivity index (χ0n) is 10.8. The van der Waals surface area contributed by atoms with Gasteiger partial charge < -0.3 is 10.5 Å². The first-order chi connectivity index (χ1) is 6.91. The van der Waals surface area contributed by atoms with Crippen molar-refractivity contribution in [2.45, 2.75) is 71.5 Å². The Kier molecular flexibility index (Phi) is 4.19. The lowest BCUT2D eigenvalue weighted by atomic mass is 9.80. The molecular weight excluding hydrogens is 186 g/mol. The van der Waals surface area contributed by atoms with Crippen LogP contribution >= 0.6 is 0 Å². The lowest BCUT2D eigenvalue weighted by Gasteiger charge is -2.31. The van der Waals surface area contributed by atoms with Gasteiger partial charge in [0.1, 0.15) is 0 Å². The van der Waals surface area contributed by atoms with E-state index in [4.69, 9.17) is 10.5 Å². The molecule has 1 aliphatic heterocycles. The van der Waals surface area contributed by atoms with Crippen LogP contribution in [0.4, 0.5) is 0 Å². The van der Waals surface area contributed by atoms with Crippen LogP contribution in [-0.4, -0.2) is 18.2 Å². The minimum Gasteiger partial charge on any atom is -0.372 e. The van der Waals surface area contributed by atoms with Gasteiger partial charge in [-0.2, -0.15) is 0 Å². The second-order valence-corrected chi connectivity index (χ2v) is 6.01. The largest absolute Gasteiger partial charge is 0.372 e. The van der Waals surface area contributed by atoms with Crippen LogP contribution in [0.3, 0.4) is 0 Å². The van der Waals surface area contributed by atoms with Crippen LogP contribution < -0.4 is 5.73 Å². The molecule has 0 spiro atoms. The summed E-state index contributed by atoms with van der Waals surface area (Å²) < 4.78 is 6.04. The van der Waals surface area contributed by atoms with E-state index >= 15 is 0 Å². The third-order valence-corrected chi connectivity index (χ3v) is 3.62. The Hall–Kier alpha value is -0.0800. The molecule has 0 saturated carbocycles. The van der Waals surface area contributed by atoms with E-state index in [0.717, 1.165) is 13.0 Å². The molecule has 2 nitrogen and oxygen atoms in total. The maximum Gasteiger partial charge on any atom is 0.0631 e. The Bertz CT molecular complexity index is 203. The van der Waals surface area contributed by atoms with E-state index < -0.39 is 0 Å². The molecule has 2 heteroatoms. The molecule has 0 aliphatic carbocycles. The van der Waals surface area contributed by atoms with Crippen LogP contribution in [0.25, 0.3) is 0 Å². The van der Waals surface area contributed by atoms with Gasteiger partial charge in [-0.25, -0.2) is 0 Å². The normalized spacial score (nSPS) is 29.0. The van der Waals surface area contributed by atoms with Crippen LogP contribution in [0.5, 0.6) is 0 Å². The summed E-state index contributed by atoms with van der Waals surface area (Å²) in [6.45, 7) is 9.68. The minimum atomic E-state index is 0.0897. The molecule has 0 radical (unpaired) electrons. The van der Waals surface area contributed by atoms with Gasteiger partial charge in [-0.05, 0) is 51.5 Å². The Balaban J connectivity index is 2.46. The molecule has 1 fully saturated rings. The van der Waals surface area contributed by atoms with E-state index in [1.54, 1.807) is 0 Å².